The van der Waals surface area contributed by atoms with Gasteiger partial charge in [0.15, 0.2) is 0 Å². The van der Waals surface area contributed by atoms with Crippen LogP contribution in [0.3, 0.4) is 0 Å². The minimum absolute atomic E-state index is 0.397. The first-order valence-electron chi connectivity index (χ1n) is 13.2. The monoisotopic (exact) mass is 410 g/mol. The predicted octanol–water partition coefficient (Wildman–Crippen LogP) is 8.30. The van der Waals surface area contributed by atoms with Crippen LogP contribution in [0.5, 0.6) is 0 Å². The summed E-state index contributed by atoms with van der Waals surface area (Å²) in [5, 5.41) is 0. The average Bonchev–Trinajstić information content (AvgIpc) is 3.07. The molecular formula is C29H46O. The Kier molecular flexibility index (Phi) is 6.40. The molecule has 0 aromatic rings. The van der Waals surface area contributed by atoms with E-state index in [0.717, 1.165) is 30.5 Å². The van der Waals surface area contributed by atoms with Gasteiger partial charge in [-0.05, 0) is 103 Å². The van der Waals surface area contributed by atoms with Crippen LogP contribution in [0.1, 0.15) is 112 Å². The third kappa shape index (κ3) is 3.67. The molecule has 1 saturated carbocycles. The van der Waals surface area contributed by atoms with Crippen LogP contribution in [0.2, 0.25) is 0 Å². The summed E-state index contributed by atoms with van der Waals surface area (Å²) in [5.74, 6) is 3.68. The van der Waals surface area contributed by atoms with Gasteiger partial charge in [-0.2, -0.15) is 0 Å². The lowest BCUT2D eigenvalue weighted by Crippen LogP contribution is -2.41. The van der Waals surface area contributed by atoms with E-state index in [-0.39, 0.29) is 0 Å². The first kappa shape index (κ1) is 22.3. The first-order valence-corrected chi connectivity index (χ1v) is 13.2. The van der Waals surface area contributed by atoms with E-state index in [1.165, 1.54) is 70.6 Å². The fourth-order valence-corrected chi connectivity index (χ4v) is 8.31. The molecule has 1 fully saturated rings. The van der Waals surface area contributed by atoms with E-state index >= 15 is 0 Å². The van der Waals surface area contributed by atoms with Crippen molar-refractivity contribution in [2.24, 2.45) is 40.4 Å². The van der Waals surface area contributed by atoms with E-state index in [2.05, 4.69) is 40.7 Å². The summed E-state index contributed by atoms with van der Waals surface area (Å²) in [7, 11) is 0. The molecule has 1 heteroatoms. The van der Waals surface area contributed by atoms with Gasteiger partial charge >= 0.3 is 0 Å². The highest BCUT2D eigenvalue weighted by Crippen LogP contribution is 2.64. The minimum atomic E-state index is 0.397. The molecule has 0 bridgehead atoms. The maximum absolute atomic E-state index is 11.1. The van der Waals surface area contributed by atoms with Crippen molar-refractivity contribution in [3.05, 3.63) is 22.8 Å². The molecule has 0 aromatic heterocycles. The average molecular weight is 411 g/mol. The predicted molar refractivity (Wildman–Crippen MR) is 127 cm³/mol. The zero-order valence-electron chi connectivity index (χ0n) is 20.4. The molecule has 0 radical (unpaired) electrons. The van der Waals surface area contributed by atoms with E-state index in [0.29, 0.717) is 22.7 Å². The molecule has 0 heterocycles. The van der Waals surface area contributed by atoms with Crippen LogP contribution in [-0.4, -0.2) is 6.29 Å². The Morgan fingerprint density at radius 2 is 1.83 bits per heavy atom. The third-order valence-corrected chi connectivity index (χ3v) is 10.4. The first-order chi connectivity index (χ1) is 14.3. The molecule has 4 rings (SSSR count). The van der Waals surface area contributed by atoms with Gasteiger partial charge in [0.05, 0.1) is 0 Å². The molecule has 0 spiro atoms. The topological polar surface area (TPSA) is 17.1 Å². The standard InChI is InChI=1S/C29H46O/c1-20(2)22(16-19-30)10-9-21(3)25-13-14-26-24-12-11-23-8-6-7-17-28(23,4)27(24)15-18-29(25,26)5/h14,19-23,25H,6-13,15-18H2,1-5H3/t21-,22+,23?,25-,28+,29-/m1/s1. The molecule has 4 aliphatic carbocycles. The van der Waals surface area contributed by atoms with Crippen molar-refractivity contribution in [3.8, 4) is 0 Å². The molecule has 1 unspecified atom stereocenters. The molecule has 0 aromatic carbocycles. The van der Waals surface area contributed by atoms with Gasteiger partial charge in [-0.3, -0.25) is 0 Å². The normalized spacial score (nSPS) is 37.9. The number of carbonyl (C=O) groups excluding carboxylic acids is 1. The van der Waals surface area contributed by atoms with E-state index in [1.54, 1.807) is 5.57 Å². The van der Waals surface area contributed by atoms with Gasteiger partial charge in [0, 0.05) is 6.42 Å². The highest BCUT2D eigenvalue weighted by molar-refractivity contribution is 5.50. The van der Waals surface area contributed by atoms with E-state index < -0.39 is 0 Å². The molecule has 1 nitrogen and oxygen atoms in total. The Bertz CT molecular complexity index is 712. The number of allylic oxidation sites excluding steroid dienone is 4. The van der Waals surface area contributed by atoms with Gasteiger partial charge in [0.25, 0.3) is 0 Å². The van der Waals surface area contributed by atoms with Crippen molar-refractivity contribution in [2.75, 3.05) is 0 Å². The van der Waals surface area contributed by atoms with E-state index in [9.17, 15) is 4.79 Å². The highest BCUT2D eigenvalue weighted by atomic mass is 16.1. The Hall–Kier alpha value is -0.850. The maximum Gasteiger partial charge on any atom is 0.120 e. The zero-order valence-corrected chi connectivity index (χ0v) is 20.4. The Morgan fingerprint density at radius 3 is 2.57 bits per heavy atom. The van der Waals surface area contributed by atoms with Crippen molar-refractivity contribution in [1.82, 2.24) is 0 Å². The lowest BCUT2D eigenvalue weighted by Gasteiger charge is -2.53. The third-order valence-electron chi connectivity index (χ3n) is 10.4. The molecule has 0 saturated heterocycles. The second-order valence-electron chi connectivity index (χ2n) is 12.2. The summed E-state index contributed by atoms with van der Waals surface area (Å²) < 4.78 is 0. The van der Waals surface area contributed by atoms with Crippen molar-refractivity contribution < 1.29 is 4.79 Å². The number of rotatable bonds is 7. The van der Waals surface area contributed by atoms with Gasteiger partial charge in [-0.1, -0.05) is 65.5 Å². The molecule has 4 aliphatic rings. The van der Waals surface area contributed by atoms with Crippen molar-refractivity contribution in [2.45, 2.75) is 112 Å². The quantitative estimate of drug-likeness (QED) is 0.386. The van der Waals surface area contributed by atoms with Crippen LogP contribution in [-0.2, 0) is 4.79 Å². The minimum Gasteiger partial charge on any atom is -0.303 e. The van der Waals surface area contributed by atoms with Gasteiger partial charge in [0.2, 0.25) is 0 Å². The highest BCUT2D eigenvalue weighted by Gasteiger charge is 2.52. The number of aldehydes is 1. The Balaban J connectivity index is 1.50. The Morgan fingerprint density at radius 1 is 1.03 bits per heavy atom. The van der Waals surface area contributed by atoms with Crippen LogP contribution < -0.4 is 0 Å². The molecule has 0 aliphatic heterocycles. The summed E-state index contributed by atoms with van der Waals surface area (Å²) >= 11 is 0. The fraction of sp³-hybridized carbons (Fsp3) is 0.828. The van der Waals surface area contributed by atoms with Crippen molar-refractivity contribution >= 4 is 6.29 Å². The lowest BCUT2D eigenvalue weighted by molar-refractivity contribution is -0.109. The van der Waals surface area contributed by atoms with Crippen molar-refractivity contribution in [3.63, 3.8) is 0 Å². The summed E-state index contributed by atoms with van der Waals surface area (Å²) in [4.78, 5) is 11.1. The van der Waals surface area contributed by atoms with Crippen LogP contribution in [0, 0.1) is 40.4 Å². The molecule has 6 atom stereocenters. The van der Waals surface area contributed by atoms with E-state index in [1.807, 2.05) is 11.1 Å². The van der Waals surface area contributed by atoms with Gasteiger partial charge < -0.3 is 4.79 Å². The lowest BCUT2D eigenvalue weighted by atomic mass is 9.52. The second kappa shape index (κ2) is 8.59. The number of fused-ring (bicyclic) bond motifs is 4. The number of carbonyl (C=O) groups is 1. The maximum atomic E-state index is 11.1. The molecule has 168 valence electrons. The van der Waals surface area contributed by atoms with Crippen LogP contribution in [0.4, 0.5) is 0 Å². The number of hydrogen-bond acceptors (Lipinski definition) is 1. The van der Waals surface area contributed by atoms with E-state index in [4.69, 9.17) is 0 Å². The van der Waals surface area contributed by atoms with Gasteiger partial charge in [0.1, 0.15) is 6.29 Å². The summed E-state index contributed by atoms with van der Waals surface area (Å²) in [6.45, 7) is 12.3. The number of hydrogen-bond donors (Lipinski definition) is 0. The zero-order chi connectivity index (χ0) is 21.5. The van der Waals surface area contributed by atoms with Gasteiger partial charge in [-0.15, -0.1) is 0 Å². The fourth-order valence-electron chi connectivity index (χ4n) is 8.31. The molecule has 0 amide bonds. The molecule has 0 N–H and O–H groups in total. The Labute approximate surface area is 186 Å². The van der Waals surface area contributed by atoms with Crippen LogP contribution >= 0.6 is 0 Å². The summed E-state index contributed by atoms with van der Waals surface area (Å²) in [6.07, 6.45) is 19.7. The van der Waals surface area contributed by atoms with Gasteiger partial charge in [-0.25, -0.2) is 0 Å². The largest absolute Gasteiger partial charge is 0.303 e. The second-order valence-corrected chi connectivity index (χ2v) is 12.2. The van der Waals surface area contributed by atoms with Crippen molar-refractivity contribution in [1.29, 1.82) is 0 Å². The molecular weight excluding hydrogens is 364 g/mol. The smallest absolute Gasteiger partial charge is 0.120 e. The SMILES string of the molecule is CC(C)[C@H](CC=O)CC[C@@H](C)[C@H]1CC=C2C3=C(CC[C@@]21C)[C@@]1(C)CCCCC1CC3. The summed E-state index contributed by atoms with van der Waals surface area (Å²) in [6, 6.07) is 0. The van der Waals surface area contributed by atoms with Crippen LogP contribution in [0.15, 0.2) is 22.8 Å². The molecule has 30 heavy (non-hydrogen) atoms. The van der Waals surface area contributed by atoms with Crippen LogP contribution in [0.25, 0.3) is 0 Å². The summed E-state index contributed by atoms with van der Waals surface area (Å²) in [5.41, 5.74) is 6.39.